The van der Waals surface area contributed by atoms with Crippen molar-refractivity contribution < 1.29 is 32.2 Å². The molecule has 3 fully saturated rings. The van der Waals surface area contributed by atoms with E-state index in [0.717, 1.165) is 31.4 Å². The number of nitrogens with one attached hydrogen (secondary N) is 1. The van der Waals surface area contributed by atoms with Crippen LogP contribution in [-0.4, -0.2) is 93.7 Å². The Hall–Kier alpha value is -1.95. The predicted molar refractivity (Wildman–Crippen MR) is 128 cm³/mol. The first-order valence-corrected chi connectivity index (χ1v) is 12.8. The Morgan fingerprint density at radius 2 is 2.06 bits per heavy atom. The SMILES string of the molecule is CCOC[C@]1(C(=O)N2CCN(c3cc(C(F)(F)F)ccn3)CC2)CC[C@@H](N[C@@H]2CCOCC2OC)C1. The number of halogens is 3. The highest BCUT2D eigenvalue weighted by molar-refractivity contribution is 5.83. The van der Waals surface area contributed by atoms with Crippen LogP contribution in [0.1, 0.15) is 38.2 Å². The molecule has 8 nitrogen and oxygen atoms in total. The van der Waals surface area contributed by atoms with Gasteiger partial charge in [-0.25, -0.2) is 4.98 Å². The van der Waals surface area contributed by atoms with Gasteiger partial charge in [0.05, 0.1) is 30.3 Å². The van der Waals surface area contributed by atoms with Crippen molar-refractivity contribution in [3.63, 3.8) is 0 Å². The van der Waals surface area contributed by atoms with Crippen molar-refractivity contribution >= 4 is 11.7 Å². The number of hydrogen-bond donors (Lipinski definition) is 1. The van der Waals surface area contributed by atoms with Gasteiger partial charge in [-0.1, -0.05) is 0 Å². The summed E-state index contributed by atoms with van der Waals surface area (Å²) >= 11 is 0. The number of alkyl halides is 3. The average molecular weight is 515 g/mol. The van der Waals surface area contributed by atoms with Gasteiger partial charge in [0.15, 0.2) is 0 Å². The second-order valence-electron chi connectivity index (χ2n) is 9.95. The Balaban J connectivity index is 1.38. The van der Waals surface area contributed by atoms with Crippen molar-refractivity contribution in [2.45, 2.75) is 57.0 Å². The van der Waals surface area contributed by atoms with Crippen LogP contribution in [-0.2, 0) is 25.2 Å². The van der Waals surface area contributed by atoms with E-state index in [1.807, 2.05) is 16.7 Å². The summed E-state index contributed by atoms with van der Waals surface area (Å²) < 4.78 is 56.3. The molecular formula is C25H37F3N4O4. The van der Waals surface area contributed by atoms with Gasteiger partial charge in [-0.05, 0) is 44.7 Å². The number of anilines is 1. The zero-order valence-corrected chi connectivity index (χ0v) is 21.1. The van der Waals surface area contributed by atoms with Crippen LogP contribution >= 0.6 is 0 Å². The molecule has 4 rings (SSSR count). The molecule has 1 aromatic rings. The van der Waals surface area contributed by atoms with Crippen molar-refractivity contribution in [1.82, 2.24) is 15.2 Å². The van der Waals surface area contributed by atoms with Gasteiger partial charge in [0.25, 0.3) is 0 Å². The van der Waals surface area contributed by atoms with Gasteiger partial charge in [-0.2, -0.15) is 13.2 Å². The summed E-state index contributed by atoms with van der Waals surface area (Å²) in [4.78, 5) is 21.6. The molecule has 0 spiro atoms. The van der Waals surface area contributed by atoms with E-state index in [0.29, 0.717) is 59.0 Å². The molecule has 3 aliphatic rings. The van der Waals surface area contributed by atoms with Crippen molar-refractivity contribution in [1.29, 1.82) is 0 Å². The first kappa shape index (κ1) is 27.1. The van der Waals surface area contributed by atoms with E-state index >= 15 is 0 Å². The standard InChI is InChI=1S/C25H37F3N4O4/c1-3-35-17-24(7-4-19(15-24)30-20-6-13-36-16-21(20)34-2)23(33)32-11-9-31(10-12-32)22-14-18(5-8-29-22)25(26,27)28/h5,8,14,19-21,30H,3-4,6-7,9-13,15-17H2,1-2H3/t19-,20-,21?,24+/m1/s1. The highest BCUT2D eigenvalue weighted by Crippen LogP contribution is 2.41. The van der Waals surface area contributed by atoms with Crippen molar-refractivity contribution in [2.24, 2.45) is 5.41 Å². The molecule has 202 valence electrons. The molecule has 0 bridgehead atoms. The van der Waals surface area contributed by atoms with E-state index in [1.54, 1.807) is 7.11 Å². The molecule has 1 N–H and O–H groups in total. The van der Waals surface area contributed by atoms with Gasteiger partial charge >= 0.3 is 6.18 Å². The summed E-state index contributed by atoms with van der Waals surface area (Å²) in [7, 11) is 1.69. The molecule has 1 aliphatic carbocycles. The number of hydrogen-bond acceptors (Lipinski definition) is 7. The molecule has 4 atom stereocenters. The molecule has 1 saturated carbocycles. The van der Waals surface area contributed by atoms with Gasteiger partial charge in [0, 0.05) is 64.8 Å². The number of rotatable bonds is 8. The van der Waals surface area contributed by atoms with E-state index in [9.17, 15) is 18.0 Å². The lowest BCUT2D eigenvalue weighted by atomic mass is 9.84. The number of pyridine rings is 1. The number of amides is 1. The molecule has 2 aliphatic heterocycles. The van der Waals surface area contributed by atoms with Crippen LogP contribution in [0.15, 0.2) is 18.3 Å². The topological polar surface area (TPSA) is 76.2 Å². The maximum Gasteiger partial charge on any atom is 0.416 e. The molecule has 1 unspecified atom stereocenters. The number of aromatic nitrogens is 1. The summed E-state index contributed by atoms with van der Waals surface area (Å²) in [5, 5.41) is 3.71. The highest BCUT2D eigenvalue weighted by Gasteiger charge is 2.48. The Morgan fingerprint density at radius 1 is 1.28 bits per heavy atom. The summed E-state index contributed by atoms with van der Waals surface area (Å²) in [5.41, 5.74) is -1.32. The van der Waals surface area contributed by atoms with E-state index in [2.05, 4.69) is 10.3 Å². The molecule has 0 aromatic carbocycles. The van der Waals surface area contributed by atoms with Crippen LogP contribution < -0.4 is 10.2 Å². The van der Waals surface area contributed by atoms with Gasteiger partial charge in [0.1, 0.15) is 5.82 Å². The number of ether oxygens (including phenoxy) is 3. The third kappa shape index (κ3) is 6.12. The van der Waals surface area contributed by atoms with Crippen LogP contribution in [0.4, 0.5) is 19.0 Å². The first-order chi connectivity index (χ1) is 17.3. The number of piperazine rings is 1. The van der Waals surface area contributed by atoms with Gasteiger partial charge in [-0.3, -0.25) is 4.79 Å². The first-order valence-electron chi connectivity index (χ1n) is 12.8. The van der Waals surface area contributed by atoms with E-state index in [-0.39, 0.29) is 29.9 Å². The number of carbonyl (C=O) groups is 1. The lowest BCUT2D eigenvalue weighted by Crippen LogP contribution is -2.55. The number of carbonyl (C=O) groups excluding carboxylic acids is 1. The van der Waals surface area contributed by atoms with Crippen LogP contribution in [0.2, 0.25) is 0 Å². The lowest BCUT2D eigenvalue weighted by molar-refractivity contribution is -0.146. The Kier molecular flexibility index (Phi) is 8.75. The van der Waals surface area contributed by atoms with Crippen LogP contribution in [0, 0.1) is 5.41 Å². The minimum absolute atomic E-state index is 0.00567. The van der Waals surface area contributed by atoms with Gasteiger partial charge in [-0.15, -0.1) is 0 Å². The fourth-order valence-electron chi connectivity index (χ4n) is 5.63. The minimum Gasteiger partial charge on any atom is -0.381 e. The summed E-state index contributed by atoms with van der Waals surface area (Å²) in [6, 6.07) is 2.42. The second kappa shape index (κ2) is 11.6. The second-order valence-corrected chi connectivity index (χ2v) is 9.95. The maximum atomic E-state index is 13.8. The molecule has 3 heterocycles. The van der Waals surface area contributed by atoms with Crippen molar-refractivity contribution in [3.05, 3.63) is 23.9 Å². The highest BCUT2D eigenvalue weighted by atomic mass is 19.4. The largest absolute Gasteiger partial charge is 0.416 e. The molecule has 36 heavy (non-hydrogen) atoms. The van der Waals surface area contributed by atoms with Gasteiger partial charge in [0.2, 0.25) is 5.91 Å². The van der Waals surface area contributed by atoms with Crippen molar-refractivity contribution in [2.75, 3.05) is 64.6 Å². The summed E-state index contributed by atoms with van der Waals surface area (Å²) in [6.07, 6.45) is -0.0656. The third-order valence-corrected chi connectivity index (χ3v) is 7.66. The maximum absolute atomic E-state index is 13.8. The van der Waals surface area contributed by atoms with Crippen molar-refractivity contribution in [3.8, 4) is 0 Å². The monoisotopic (exact) mass is 514 g/mol. The fraction of sp³-hybridized carbons (Fsp3) is 0.760. The number of methoxy groups -OCH3 is 1. The average Bonchev–Trinajstić information content (AvgIpc) is 3.31. The Morgan fingerprint density at radius 3 is 2.75 bits per heavy atom. The molecule has 0 radical (unpaired) electrons. The molecule has 1 amide bonds. The summed E-state index contributed by atoms with van der Waals surface area (Å²) in [5.74, 6) is 0.363. The normalized spacial score (nSPS) is 29.5. The molecular weight excluding hydrogens is 477 g/mol. The van der Waals surface area contributed by atoms with E-state index < -0.39 is 17.2 Å². The molecule has 2 saturated heterocycles. The third-order valence-electron chi connectivity index (χ3n) is 7.66. The van der Waals surface area contributed by atoms with E-state index in [1.165, 1.54) is 6.20 Å². The zero-order valence-electron chi connectivity index (χ0n) is 21.1. The smallest absolute Gasteiger partial charge is 0.381 e. The zero-order chi connectivity index (χ0) is 25.8. The summed E-state index contributed by atoms with van der Waals surface area (Å²) in [6.45, 7) is 5.84. The minimum atomic E-state index is -4.41. The fourth-order valence-corrected chi connectivity index (χ4v) is 5.63. The van der Waals surface area contributed by atoms with Crippen LogP contribution in [0.5, 0.6) is 0 Å². The molecule has 11 heteroatoms. The Bertz CT molecular complexity index is 881. The van der Waals surface area contributed by atoms with Gasteiger partial charge < -0.3 is 29.3 Å². The lowest BCUT2D eigenvalue weighted by Gasteiger charge is -2.40. The van der Waals surface area contributed by atoms with Crippen LogP contribution in [0.3, 0.4) is 0 Å². The number of nitrogens with zero attached hydrogens (tertiary/aromatic N) is 3. The van der Waals surface area contributed by atoms with Crippen LogP contribution in [0.25, 0.3) is 0 Å². The Labute approximate surface area is 210 Å². The quantitative estimate of drug-likeness (QED) is 0.572. The predicted octanol–water partition coefficient (Wildman–Crippen LogP) is 2.72. The van der Waals surface area contributed by atoms with E-state index in [4.69, 9.17) is 14.2 Å². The molecule has 1 aromatic heterocycles.